The maximum absolute atomic E-state index is 12.8. The number of esters is 1. The first-order valence-corrected chi connectivity index (χ1v) is 9.68. The maximum atomic E-state index is 12.8. The van der Waals surface area contributed by atoms with Crippen molar-refractivity contribution in [1.82, 2.24) is 4.90 Å². The summed E-state index contributed by atoms with van der Waals surface area (Å²) in [6.45, 7) is 4.49. The van der Waals surface area contributed by atoms with E-state index in [0.29, 0.717) is 35.9 Å². The number of carbonyl (C=O) groups is 2. The third-order valence-electron chi connectivity index (χ3n) is 4.95. The highest BCUT2D eigenvalue weighted by atomic mass is 16.5. The van der Waals surface area contributed by atoms with Crippen molar-refractivity contribution < 1.29 is 23.8 Å². The number of methoxy groups -OCH3 is 2. The zero-order chi connectivity index (χ0) is 21.7. The summed E-state index contributed by atoms with van der Waals surface area (Å²) in [7, 11) is 2.87. The highest BCUT2D eigenvalue weighted by Gasteiger charge is 2.36. The normalized spacial score (nSPS) is 15.0. The van der Waals surface area contributed by atoms with Gasteiger partial charge in [0.15, 0.2) is 11.5 Å². The molecule has 6 nitrogen and oxygen atoms in total. The van der Waals surface area contributed by atoms with E-state index in [1.807, 2.05) is 43.3 Å². The molecule has 1 aliphatic heterocycles. The smallest absolute Gasteiger partial charge is 0.340 e. The summed E-state index contributed by atoms with van der Waals surface area (Å²) in [5, 5.41) is 0. The van der Waals surface area contributed by atoms with E-state index < -0.39 is 5.97 Å². The van der Waals surface area contributed by atoms with Gasteiger partial charge >= 0.3 is 5.97 Å². The van der Waals surface area contributed by atoms with E-state index in [1.165, 1.54) is 7.11 Å². The Labute approximate surface area is 176 Å². The number of likely N-dealkylation sites (N-methyl/N-ethyl adjacent to an activating group) is 1. The van der Waals surface area contributed by atoms with Gasteiger partial charge in [-0.25, -0.2) is 4.79 Å². The van der Waals surface area contributed by atoms with Crippen LogP contribution in [0.25, 0.3) is 6.08 Å². The Morgan fingerprint density at radius 2 is 1.80 bits per heavy atom. The lowest BCUT2D eigenvalue weighted by Crippen LogP contribution is -2.24. The van der Waals surface area contributed by atoms with E-state index in [9.17, 15) is 9.59 Å². The Morgan fingerprint density at radius 1 is 1.07 bits per heavy atom. The van der Waals surface area contributed by atoms with E-state index in [2.05, 4.69) is 0 Å². The van der Waals surface area contributed by atoms with Crippen molar-refractivity contribution in [3.05, 3.63) is 76.5 Å². The zero-order valence-corrected chi connectivity index (χ0v) is 17.6. The summed E-state index contributed by atoms with van der Waals surface area (Å²) in [6, 6.07) is 15.2. The summed E-state index contributed by atoms with van der Waals surface area (Å²) in [5.74, 6) is 0.381. The second-order valence-corrected chi connectivity index (χ2v) is 6.74. The lowest BCUT2D eigenvalue weighted by Gasteiger charge is -2.14. The van der Waals surface area contributed by atoms with Crippen molar-refractivity contribution in [2.75, 3.05) is 20.8 Å². The van der Waals surface area contributed by atoms with E-state index >= 15 is 0 Å². The predicted octanol–water partition coefficient (Wildman–Crippen LogP) is 3.97. The quantitative estimate of drug-likeness (QED) is 0.513. The molecule has 0 aliphatic carbocycles. The molecule has 2 aromatic carbocycles. The van der Waals surface area contributed by atoms with Crippen LogP contribution in [0.5, 0.6) is 11.5 Å². The standard InChI is InChI=1S/C24H25NO5/c1-5-25-16(2)22(24(27)29-4)19(23(25)26)13-18-11-12-20(21(14-18)28-3)30-15-17-9-7-6-8-10-17/h6-14H,5,15H2,1-4H3/b19-13-. The second kappa shape index (κ2) is 9.31. The van der Waals surface area contributed by atoms with Gasteiger partial charge in [-0.3, -0.25) is 4.79 Å². The number of allylic oxidation sites excluding steroid dienone is 1. The molecule has 1 amide bonds. The van der Waals surface area contributed by atoms with Gasteiger partial charge in [-0.2, -0.15) is 0 Å². The summed E-state index contributed by atoms with van der Waals surface area (Å²) in [5.41, 5.74) is 2.95. The molecule has 0 saturated heterocycles. The lowest BCUT2D eigenvalue weighted by molar-refractivity contribution is -0.136. The minimum absolute atomic E-state index is 0.223. The molecule has 2 aromatic rings. The fraction of sp³-hybridized carbons (Fsp3) is 0.250. The van der Waals surface area contributed by atoms with Crippen molar-refractivity contribution in [2.45, 2.75) is 20.5 Å². The fourth-order valence-corrected chi connectivity index (χ4v) is 3.40. The first-order chi connectivity index (χ1) is 14.5. The second-order valence-electron chi connectivity index (χ2n) is 6.74. The number of nitrogens with zero attached hydrogens (tertiary/aromatic N) is 1. The minimum Gasteiger partial charge on any atom is -0.493 e. The number of ether oxygens (including phenoxy) is 3. The molecule has 0 aromatic heterocycles. The molecule has 0 bridgehead atoms. The SMILES string of the molecule is CCN1C(=O)/C(=C\c2ccc(OCc3ccccc3)c(OC)c2)C(C(=O)OC)=C1C. The largest absolute Gasteiger partial charge is 0.493 e. The fourth-order valence-electron chi connectivity index (χ4n) is 3.40. The first kappa shape index (κ1) is 21.2. The van der Waals surface area contributed by atoms with Gasteiger partial charge in [-0.05, 0) is 43.2 Å². The summed E-state index contributed by atoms with van der Waals surface area (Å²) < 4.78 is 16.2. The number of hydrogen-bond acceptors (Lipinski definition) is 5. The average Bonchev–Trinajstić information content (AvgIpc) is 3.01. The Morgan fingerprint density at radius 3 is 2.43 bits per heavy atom. The number of rotatable bonds is 7. The molecule has 156 valence electrons. The van der Waals surface area contributed by atoms with Crippen LogP contribution in [0, 0.1) is 0 Å². The van der Waals surface area contributed by atoms with Crippen LogP contribution < -0.4 is 9.47 Å². The Hall–Kier alpha value is -3.54. The molecule has 0 fully saturated rings. The van der Waals surface area contributed by atoms with Crippen LogP contribution in [0.15, 0.2) is 65.4 Å². The van der Waals surface area contributed by atoms with E-state index in [4.69, 9.17) is 14.2 Å². The highest BCUT2D eigenvalue weighted by molar-refractivity contribution is 6.16. The first-order valence-electron chi connectivity index (χ1n) is 9.68. The van der Waals surface area contributed by atoms with Crippen LogP contribution >= 0.6 is 0 Å². The molecule has 0 unspecified atom stereocenters. The zero-order valence-electron chi connectivity index (χ0n) is 17.6. The number of amides is 1. The topological polar surface area (TPSA) is 65.1 Å². The monoisotopic (exact) mass is 407 g/mol. The number of hydrogen-bond donors (Lipinski definition) is 0. The van der Waals surface area contributed by atoms with Crippen molar-refractivity contribution in [2.24, 2.45) is 0 Å². The van der Waals surface area contributed by atoms with Crippen molar-refractivity contribution in [3.8, 4) is 11.5 Å². The number of carbonyl (C=O) groups excluding carboxylic acids is 2. The summed E-state index contributed by atoms with van der Waals surface area (Å²) in [6.07, 6.45) is 1.68. The molecule has 30 heavy (non-hydrogen) atoms. The molecule has 0 N–H and O–H groups in total. The van der Waals surface area contributed by atoms with Gasteiger partial charge in [0.2, 0.25) is 0 Å². The van der Waals surface area contributed by atoms with E-state index in [0.717, 1.165) is 11.1 Å². The molecule has 6 heteroatoms. The molecule has 3 rings (SSSR count). The van der Waals surface area contributed by atoms with Gasteiger partial charge in [0, 0.05) is 12.2 Å². The Balaban J connectivity index is 1.91. The van der Waals surface area contributed by atoms with Crippen LogP contribution in [0.3, 0.4) is 0 Å². The van der Waals surface area contributed by atoms with Gasteiger partial charge in [0.25, 0.3) is 5.91 Å². The third-order valence-corrected chi connectivity index (χ3v) is 4.95. The van der Waals surface area contributed by atoms with Crippen molar-refractivity contribution in [1.29, 1.82) is 0 Å². The Kier molecular flexibility index (Phi) is 6.57. The molecule has 1 aliphatic rings. The third kappa shape index (κ3) is 4.22. The summed E-state index contributed by atoms with van der Waals surface area (Å²) >= 11 is 0. The minimum atomic E-state index is -0.530. The molecule has 0 saturated carbocycles. The maximum Gasteiger partial charge on any atom is 0.340 e. The van der Waals surface area contributed by atoms with Crippen molar-refractivity contribution in [3.63, 3.8) is 0 Å². The number of benzene rings is 2. The van der Waals surface area contributed by atoms with Gasteiger partial charge in [0.05, 0.1) is 25.4 Å². The van der Waals surface area contributed by atoms with Gasteiger partial charge < -0.3 is 19.1 Å². The van der Waals surface area contributed by atoms with E-state index in [1.54, 1.807) is 37.1 Å². The molecule has 0 spiro atoms. The van der Waals surface area contributed by atoms with Gasteiger partial charge in [-0.15, -0.1) is 0 Å². The van der Waals surface area contributed by atoms with Crippen LogP contribution in [-0.4, -0.2) is 37.5 Å². The van der Waals surface area contributed by atoms with Crippen molar-refractivity contribution >= 4 is 18.0 Å². The molecular weight excluding hydrogens is 382 g/mol. The van der Waals surface area contributed by atoms with Gasteiger partial charge in [-0.1, -0.05) is 36.4 Å². The molecular formula is C24H25NO5. The predicted molar refractivity (Wildman–Crippen MR) is 114 cm³/mol. The van der Waals surface area contributed by atoms with Crippen LogP contribution in [0.4, 0.5) is 0 Å². The van der Waals surface area contributed by atoms with E-state index in [-0.39, 0.29) is 11.5 Å². The molecule has 1 heterocycles. The van der Waals surface area contributed by atoms with Crippen LogP contribution in [0.1, 0.15) is 25.0 Å². The Bertz CT molecular complexity index is 1010. The summed E-state index contributed by atoms with van der Waals surface area (Å²) in [4.78, 5) is 26.7. The van der Waals surface area contributed by atoms with Crippen LogP contribution in [-0.2, 0) is 20.9 Å². The molecule has 0 radical (unpaired) electrons. The average molecular weight is 407 g/mol. The van der Waals surface area contributed by atoms with Gasteiger partial charge in [0.1, 0.15) is 6.61 Å². The lowest BCUT2D eigenvalue weighted by atomic mass is 10.0. The van der Waals surface area contributed by atoms with Crippen LogP contribution in [0.2, 0.25) is 0 Å². The highest BCUT2D eigenvalue weighted by Crippen LogP contribution is 2.34. The molecule has 0 atom stereocenters.